The number of ether oxygens (including phenoxy) is 2. The average molecular weight is 433 g/mol. The van der Waals surface area contributed by atoms with Crippen molar-refractivity contribution in [2.45, 2.75) is 25.4 Å². The third-order valence-electron chi connectivity index (χ3n) is 4.42. The fraction of sp³-hybridized carbons (Fsp3) is 0.316. The number of pyridine rings is 1. The lowest BCUT2D eigenvalue weighted by molar-refractivity contribution is 0.172. The fourth-order valence-corrected chi connectivity index (χ4v) is 3.16. The zero-order chi connectivity index (χ0) is 21.7. The van der Waals surface area contributed by atoms with Crippen LogP contribution in [0.4, 0.5) is 0 Å². The van der Waals surface area contributed by atoms with Gasteiger partial charge in [0.2, 0.25) is 0 Å². The highest BCUT2D eigenvalue weighted by atomic mass is 32.2. The monoisotopic (exact) mass is 433 g/mol. The van der Waals surface area contributed by atoms with Gasteiger partial charge in [-0.3, -0.25) is 14.6 Å². The minimum atomic E-state index is -4.30. The van der Waals surface area contributed by atoms with E-state index in [1.165, 1.54) is 0 Å². The van der Waals surface area contributed by atoms with Gasteiger partial charge in [-0.1, -0.05) is 0 Å². The maximum Gasteiger partial charge on any atom is 0.328 e. The lowest BCUT2D eigenvalue weighted by atomic mass is 10.2. The molecule has 0 saturated carbocycles. The smallest absolute Gasteiger partial charge is 0.328 e. The first-order chi connectivity index (χ1) is 14.3. The molecule has 11 heteroatoms. The molecule has 1 aromatic carbocycles. The van der Waals surface area contributed by atoms with Crippen molar-refractivity contribution in [3.63, 3.8) is 0 Å². The Kier molecular flexibility index (Phi) is 6.65. The van der Waals surface area contributed by atoms with E-state index in [1.807, 2.05) is 19.9 Å². The summed E-state index contributed by atoms with van der Waals surface area (Å²) in [6, 6.07) is 5.26. The first kappa shape index (κ1) is 21.7. The minimum Gasteiger partial charge on any atom is -0.493 e. The van der Waals surface area contributed by atoms with E-state index >= 15 is 0 Å². The molecule has 0 aliphatic heterocycles. The Morgan fingerprint density at radius 2 is 1.97 bits per heavy atom. The molecule has 160 valence electrons. The van der Waals surface area contributed by atoms with Crippen LogP contribution in [0.25, 0.3) is 21.9 Å². The third-order valence-corrected chi connectivity index (χ3v) is 5.10. The van der Waals surface area contributed by atoms with Crippen LogP contribution in [0.2, 0.25) is 0 Å². The summed E-state index contributed by atoms with van der Waals surface area (Å²) in [7, 11) is -2.60. The van der Waals surface area contributed by atoms with E-state index in [4.69, 9.17) is 14.0 Å². The number of fused-ring (bicyclic) bond motifs is 2. The largest absolute Gasteiger partial charge is 0.493 e. The van der Waals surface area contributed by atoms with Crippen molar-refractivity contribution in [3.05, 3.63) is 41.9 Å². The summed E-state index contributed by atoms with van der Waals surface area (Å²) in [4.78, 5) is 10.5. The molecule has 0 amide bonds. The van der Waals surface area contributed by atoms with E-state index in [2.05, 4.69) is 25.1 Å². The van der Waals surface area contributed by atoms with Crippen molar-refractivity contribution in [3.8, 4) is 5.75 Å². The minimum absolute atomic E-state index is 0.455. The zero-order valence-electron chi connectivity index (χ0n) is 16.8. The summed E-state index contributed by atoms with van der Waals surface area (Å²) in [5.41, 5.74) is 3.88. The summed E-state index contributed by atoms with van der Waals surface area (Å²) in [5, 5.41) is 6.96. The summed E-state index contributed by atoms with van der Waals surface area (Å²) in [5.74, 6) is 0.925. The summed E-state index contributed by atoms with van der Waals surface area (Å²) in [6.45, 7) is 5.44. The third kappa shape index (κ3) is 5.12. The topological polar surface area (TPSA) is 143 Å². The molecule has 0 bridgehead atoms. The second-order valence-corrected chi connectivity index (χ2v) is 7.89. The first-order valence-electron chi connectivity index (χ1n) is 9.14. The normalized spacial score (nSPS) is 11.5. The number of hydrogen-bond acceptors (Lipinski definition) is 7. The van der Waals surface area contributed by atoms with Crippen LogP contribution >= 0.6 is 0 Å². The van der Waals surface area contributed by atoms with Crippen LogP contribution in [-0.2, 0) is 14.9 Å². The van der Waals surface area contributed by atoms with Crippen molar-refractivity contribution in [1.29, 1.82) is 0 Å². The van der Waals surface area contributed by atoms with Crippen molar-refractivity contribution < 1.29 is 22.4 Å². The molecule has 3 aromatic heterocycles. The van der Waals surface area contributed by atoms with Gasteiger partial charge in [-0.15, -0.1) is 0 Å². The number of aromatic amines is 2. The standard InChI is InChI=1S/C11H17NO2.C8H6N4O3S/c1-9-10(2)12-6-5-11(9)14-8-4-7-13-3;13-16(14,15)8-10-6-1-4-3-9-12-5(4)2-7(6)11-8/h5-6H,4,7-8H2,1-3H3;1-3H,(H,9,12)(H,10,11)(H,13,14,15). The van der Waals surface area contributed by atoms with Crippen molar-refractivity contribution >= 4 is 32.1 Å². The van der Waals surface area contributed by atoms with Crippen LogP contribution in [0.15, 0.2) is 35.7 Å². The summed E-state index contributed by atoms with van der Waals surface area (Å²) in [6.07, 6.45) is 4.29. The molecule has 4 aromatic rings. The first-order valence-corrected chi connectivity index (χ1v) is 10.6. The summed E-state index contributed by atoms with van der Waals surface area (Å²) >= 11 is 0. The van der Waals surface area contributed by atoms with E-state index in [0.717, 1.165) is 40.9 Å². The van der Waals surface area contributed by atoms with Gasteiger partial charge in [0.15, 0.2) is 0 Å². The molecule has 0 fully saturated rings. The Morgan fingerprint density at radius 3 is 2.70 bits per heavy atom. The Labute approximate surface area is 173 Å². The number of nitrogens with one attached hydrogen (secondary N) is 2. The van der Waals surface area contributed by atoms with Crippen LogP contribution in [0.1, 0.15) is 17.7 Å². The molecule has 30 heavy (non-hydrogen) atoms. The Hall–Kier alpha value is -3.02. The molecule has 4 rings (SSSR count). The van der Waals surface area contributed by atoms with Gasteiger partial charge in [0.1, 0.15) is 5.75 Å². The molecule has 0 spiro atoms. The number of methoxy groups -OCH3 is 1. The highest BCUT2D eigenvalue weighted by Crippen LogP contribution is 2.20. The Bertz CT molecular complexity index is 1200. The van der Waals surface area contributed by atoms with E-state index in [0.29, 0.717) is 17.6 Å². The second kappa shape index (κ2) is 9.20. The molecule has 0 saturated heterocycles. The highest BCUT2D eigenvalue weighted by Gasteiger charge is 2.15. The van der Waals surface area contributed by atoms with Crippen LogP contribution < -0.4 is 4.74 Å². The lowest BCUT2D eigenvalue weighted by Crippen LogP contribution is -2.03. The van der Waals surface area contributed by atoms with Crippen molar-refractivity contribution in [1.82, 2.24) is 25.1 Å². The van der Waals surface area contributed by atoms with E-state index in [-0.39, 0.29) is 0 Å². The van der Waals surface area contributed by atoms with Crippen LogP contribution in [-0.4, -0.2) is 58.4 Å². The Morgan fingerprint density at radius 1 is 1.17 bits per heavy atom. The van der Waals surface area contributed by atoms with Crippen LogP contribution in [0.5, 0.6) is 5.75 Å². The maximum atomic E-state index is 10.9. The van der Waals surface area contributed by atoms with Crippen LogP contribution in [0, 0.1) is 13.8 Å². The van der Waals surface area contributed by atoms with Crippen LogP contribution in [0.3, 0.4) is 0 Å². The van der Waals surface area contributed by atoms with E-state index in [9.17, 15) is 8.42 Å². The zero-order valence-corrected chi connectivity index (χ0v) is 17.7. The number of aryl methyl sites for hydroxylation is 1. The highest BCUT2D eigenvalue weighted by molar-refractivity contribution is 7.85. The number of rotatable bonds is 6. The van der Waals surface area contributed by atoms with Gasteiger partial charge in [-0.2, -0.15) is 13.5 Å². The number of imidazole rings is 1. The van der Waals surface area contributed by atoms with Crippen molar-refractivity contribution in [2.24, 2.45) is 0 Å². The molecule has 3 N–H and O–H groups in total. The SMILES string of the molecule is COCCCOc1ccnc(C)c1C.O=S(=O)(O)c1nc2cc3cn[nH]c3cc2[nH]1. The van der Waals surface area contributed by atoms with Gasteiger partial charge < -0.3 is 14.5 Å². The van der Waals surface area contributed by atoms with Gasteiger partial charge in [-0.05, 0) is 32.0 Å². The molecule has 3 heterocycles. The molecule has 0 aliphatic rings. The number of nitrogens with zero attached hydrogens (tertiary/aromatic N) is 3. The number of H-pyrrole nitrogens is 2. The number of hydrogen-bond donors (Lipinski definition) is 3. The molecule has 0 unspecified atom stereocenters. The van der Waals surface area contributed by atoms with Gasteiger partial charge in [0.05, 0.1) is 29.4 Å². The molecular formula is C19H23N5O5S. The van der Waals surface area contributed by atoms with Gasteiger partial charge >= 0.3 is 10.1 Å². The van der Waals surface area contributed by atoms with Crippen molar-refractivity contribution in [2.75, 3.05) is 20.3 Å². The van der Waals surface area contributed by atoms with E-state index in [1.54, 1.807) is 31.6 Å². The Balaban J connectivity index is 0.000000173. The molecule has 0 radical (unpaired) electrons. The second-order valence-electron chi connectivity index (χ2n) is 6.56. The number of aromatic nitrogens is 5. The average Bonchev–Trinajstić information content (AvgIpc) is 3.32. The molecule has 10 nitrogen and oxygen atoms in total. The lowest BCUT2D eigenvalue weighted by Gasteiger charge is -2.09. The molecule has 0 atom stereocenters. The molecular weight excluding hydrogens is 410 g/mol. The van der Waals surface area contributed by atoms with E-state index < -0.39 is 15.3 Å². The predicted octanol–water partition coefficient (Wildman–Crippen LogP) is 2.80. The summed E-state index contributed by atoms with van der Waals surface area (Å²) < 4.78 is 41.1. The molecule has 0 aliphatic carbocycles. The van der Waals surface area contributed by atoms with Gasteiger partial charge in [0, 0.05) is 43.0 Å². The predicted molar refractivity (Wildman–Crippen MR) is 111 cm³/mol. The fourth-order valence-electron chi connectivity index (χ4n) is 2.71. The quantitative estimate of drug-likeness (QED) is 0.311. The van der Waals surface area contributed by atoms with Gasteiger partial charge in [0.25, 0.3) is 5.16 Å². The number of benzene rings is 1. The maximum absolute atomic E-state index is 10.9. The van der Waals surface area contributed by atoms with Gasteiger partial charge in [-0.25, -0.2) is 4.98 Å².